The van der Waals surface area contributed by atoms with Gasteiger partial charge in [0.15, 0.2) is 15.3 Å². The molecule has 0 bridgehead atoms. The summed E-state index contributed by atoms with van der Waals surface area (Å²) in [4.78, 5) is 1.69. The number of alkyl halides is 3. The van der Waals surface area contributed by atoms with Gasteiger partial charge in [-0.15, -0.1) is 4.31 Å². The van der Waals surface area contributed by atoms with Gasteiger partial charge in [0.2, 0.25) is 0 Å². The molecule has 0 aromatic heterocycles. The van der Waals surface area contributed by atoms with E-state index in [-0.39, 0.29) is 23.8 Å². The second-order valence-electron chi connectivity index (χ2n) is 7.84. The van der Waals surface area contributed by atoms with Crippen molar-refractivity contribution in [3.8, 4) is 11.1 Å². The van der Waals surface area contributed by atoms with Gasteiger partial charge in [0, 0.05) is 31.3 Å². The first-order chi connectivity index (χ1) is 15.7. The summed E-state index contributed by atoms with van der Waals surface area (Å²) in [6.07, 6.45) is -4.62. The summed E-state index contributed by atoms with van der Waals surface area (Å²) >= 11 is 0. The number of hydrogen-bond donors (Lipinski definition) is 0. The molecule has 4 nitrogen and oxygen atoms in total. The summed E-state index contributed by atoms with van der Waals surface area (Å²) in [7, 11) is -4.04. The SMILES string of the molecule is O=[S+]([O-])(c1cccc(C(F)(F)F)c1)N1CCN(Cc2ccccc2-c2ccccc2F)CC1. The Morgan fingerprint density at radius 2 is 1.48 bits per heavy atom. The molecule has 4 rings (SSSR count). The zero-order chi connectivity index (χ0) is 23.6. The predicted molar refractivity (Wildman–Crippen MR) is 117 cm³/mol. The number of nitrogens with zero attached hydrogens (tertiary/aromatic N) is 2. The molecule has 174 valence electrons. The minimum atomic E-state index is -4.62. The van der Waals surface area contributed by atoms with Gasteiger partial charge < -0.3 is 4.55 Å². The number of rotatable bonds is 5. The third-order valence-electron chi connectivity index (χ3n) is 5.71. The highest BCUT2D eigenvalue weighted by Gasteiger charge is 2.37. The lowest BCUT2D eigenvalue weighted by Crippen LogP contribution is -2.50. The largest absolute Gasteiger partial charge is 0.593 e. The van der Waals surface area contributed by atoms with Crippen molar-refractivity contribution >= 4 is 10.4 Å². The molecule has 3 aromatic rings. The van der Waals surface area contributed by atoms with Crippen molar-refractivity contribution in [1.82, 2.24) is 9.21 Å². The van der Waals surface area contributed by atoms with E-state index >= 15 is 0 Å². The van der Waals surface area contributed by atoms with Gasteiger partial charge in [-0.2, -0.15) is 13.2 Å². The number of sulfonamides is 1. The molecule has 33 heavy (non-hydrogen) atoms. The van der Waals surface area contributed by atoms with Crippen molar-refractivity contribution in [3.05, 3.63) is 89.7 Å². The minimum Gasteiger partial charge on any atom is -0.593 e. The fraction of sp³-hybridized carbons (Fsp3) is 0.250. The van der Waals surface area contributed by atoms with Gasteiger partial charge in [-0.25, -0.2) is 4.39 Å². The molecule has 0 saturated carbocycles. The van der Waals surface area contributed by atoms with Gasteiger partial charge in [-0.3, -0.25) is 4.90 Å². The highest BCUT2D eigenvalue weighted by atomic mass is 32.3. The lowest BCUT2D eigenvalue weighted by molar-refractivity contribution is -0.137. The zero-order valence-electron chi connectivity index (χ0n) is 17.6. The summed E-state index contributed by atoms with van der Waals surface area (Å²) in [6.45, 7) is 1.62. The normalized spacial score (nSPS) is 17.6. The summed E-state index contributed by atoms with van der Waals surface area (Å²) in [5.74, 6) is -0.318. The van der Waals surface area contributed by atoms with E-state index in [1.165, 1.54) is 16.4 Å². The van der Waals surface area contributed by atoms with Crippen molar-refractivity contribution < 1.29 is 26.3 Å². The zero-order valence-corrected chi connectivity index (χ0v) is 18.4. The Morgan fingerprint density at radius 1 is 0.848 bits per heavy atom. The molecule has 1 heterocycles. The molecule has 1 atom stereocenters. The van der Waals surface area contributed by atoms with Gasteiger partial charge in [0.05, 0.1) is 18.7 Å². The number of benzene rings is 3. The van der Waals surface area contributed by atoms with Crippen LogP contribution in [0.5, 0.6) is 0 Å². The van der Waals surface area contributed by atoms with Crippen molar-refractivity contribution in [2.75, 3.05) is 26.2 Å². The molecule has 9 heteroatoms. The van der Waals surface area contributed by atoms with E-state index in [1.54, 1.807) is 18.2 Å². The quantitative estimate of drug-likeness (QED) is 0.373. The standard InChI is InChI=1S/C24H22F4N2O2S/c25-23-11-4-3-10-22(23)21-9-2-1-6-18(21)17-29-12-14-30(15-13-29)33(31,32)20-8-5-7-19(16-20)24(26,27)28/h1-11,16H,12-15,17H2. The molecule has 1 fully saturated rings. The summed E-state index contributed by atoms with van der Waals surface area (Å²) < 4.78 is 80.3. The van der Waals surface area contributed by atoms with Crippen molar-refractivity contribution in [1.29, 1.82) is 0 Å². The third kappa shape index (κ3) is 5.16. The van der Waals surface area contributed by atoms with Gasteiger partial charge >= 0.3 is 6.18 Å². The highest BCUT2D eigenvalue weighted by molar-refractivity contribution is 7.95. The second-order valence-corrected chi connectivity index (χ2v) is 9.78. The van der Waals surface area contributed by atoms with Gasteiger partial charge in [-0.05, 0) is 29.3 Å². The summed E-state index contributed by atoms with van der Waals surface area (Å²) in [5, 5.41) is 0. The molecule has 1 unspecified atom stereocenters. The van der Waals surface area contributed by atoms with Crippen LogP contribution in [0, 0.1) is 5.82 Å². The van der Waals surface area contributed by atoms with Crippen LogP contribution in [0.15, 0.2) is 77.7 Å². The van der Waals surface area contributed by atoms with Crippen LogP contribution in [0.1, 0.15) is 11.1 Å². The van der Waals surface area contributed by atoms with E-state index in [2.05, 4.69) is 4.90 Å². The summed E-state index contributed by atoms with van der Waals surface area (Å²) in [6, 6.07) is 17.8. The Kier molecular flexibility index (Phi) is 6.67. The molecule has 0 aliphatic carbocycles. The van der Waals surface area contributed by atoms with Crippen LogP contribution in [0.25, 0.3) is 11.1 Å². The van der Waals surface area contributed by atoms with Crippen molar-refractivity contribution in [3.63, 3.8) is 0 Å². The minimum absolute atomic E-state index is 0.153. The fourth-order valence-corrected chi connectivity index (χ4v) is 5.42. The number of hydrogen-bond acceptors (Lipinski definition) is 3. The van der Waals surface area contributed by atoms with Crippen LogP contribution in [-0.2, 0) is 27.3 Å². The van der Waals surface area contributed by atoms with Crippen LogP contribution in [0.3, 0.4) is 0 Å². The molecule has 0 spiro atoms. The highest BCUT2D eigenvalue weighted by Crippen LogP contribution is 2.33. The average Bonchev–Trinajstić information content (AvgIpc) is 2.80. The van der Waals surface area contributed by atoms with Gasteiger partial charge in [-0.1, -0.05) is 52.7 Å². The monoisotopic (exact) mass is 478 g/mol. The average molecular weight is 479 g/mol. The van der Waals surface area contributed by atoms with Crippen LogP contribution in [0.2, 0.25) is 0 Å². The molecule has 0 N–H and O–H groups in total. The molecule has 1 aliphatic rings. The topological polar surface area (TPSA) is 46.6 Å². The van der Waals surface area contributed by atoms with E-state index in [9.17, 15) is 26.3 Å². The van der Waals surface area contributed by atoms with Gasteiger partial charge in [0.25, 0.3) is 0 Å². The predicted octanol–water partition coefficient (Wildman–Crippen LogP) is 5.23. The van der Waals surface area contributed by atoms with Crippen molar-refractivity contribution in [2.45, 2.75) is 17.6 Å². The van der Waals surface area contributed by atoms with E-state index in [4.69, 9.17) is 0 Å². The second kappa shape index (κ2) is 9.34. The van der Waals surface area contributed by atoms with Crippen molar-refractivity contribution in [2.24, 2.45) is 0 Å². The van der Waals surface area contributed by atoms with Crippen LogP contribution >= 0.6 is 0 Å². The van der Waals surface area contributed by atoms with E-state index in [1.807, 2.05) is 24.3 Å². The Balaban J connectivity index is 1.46. The van der Waals surface area contributed by atoms with Crippen LogP contribution < -0.4 is 0 Å². The van der Waals surface area contributed by atoms with E-state index < -0.39 is 22.1 Å². The first-order valence-corrected chi connectivity index (χ1v) is 11.8. The Labute approximate surface area is 190 Å². The maximum absolute atomic E-state index is 14.3. The van der Waals surface area contributed by atoms with E-state index in [0.29, 0.717) is 31.3 Å². The number of piperazine rings is 1. The van der Waals surface area contributed by atoms with Crippen LogP contribution in [-0.4, -0.2) is 39.9 Å². The lowest BCUT2D eigenvalue weighted by Gasteiger charge is -2.36. The van der Waals surface area contributed by atoms with Gasteiger partial charge in [0.1, 0.15) is 5.82 Å². The molecule has 3 aromatic carbocycles. The first kappa shape index (κ1) is 23.6. The Bertz CT molecular complexity index is 1180. The number of halogens is 4. The molecular weight excluding hydrogens is 456 g/mol. The maximum Gasteiger partial charge on any atom is 0.416 e. The third-order valence-corrected chi connectivity index (χ3v) is 7.60. The smallest absolute Gasteiger partial charge is 0.416 e. The van der Waals surface area contributed by atoms with E-state index in [0.717, 1.165) is 23.3 Å². The maximum atomic E-state index is 14.3. The van der Waals surface area contributed by atoms with Crippen LogP contribution in [0.4, 0.5) is 17.6 Å². The Hall–Kier alpha value is -2.59. The first-order valence-electron chi connectivity index (χ1n) is 10.4. The molecule has 1 saturated heterocycles. The summed E-state index contributed by atoms with van der Waals surface area (Å²) in [5.41, 5.74) is 1.19. The molecule has 0 radical (unpaired) electrons. The fourth-order valence-electron chi connectivity index (χ4n) is 3.95. The molecule has 1 aliphatic heterocycles. The molecule has 0 amide bonds. The lowest BCUT2D eigenvalue weighted by atomic mass is 9.99. The Morgan fingerprint density at radius 3 is 2.15 bits per heavy atom. The molecular formula is C24H22F4N2O2S.